The Morgan fingerprint density at radius 3 is 2.25 bits per heavy atom. The Bertz CT molecular complexity index is 302. The van der Waals surface area contributed by atoms with Gasteiger partial charge in [0.05, 0.1) is 12.5 Å². The molecule has 0 fully saturated rings. The van der Waals surface area contributed by atoms with E-state index in [0.717, 1.165) is 38.5 Å². The maximum absolute atomic E-state index is 11.8. The lowest BCUT2D eigenvalue weighted by molar-refractivity contribution is -0.487. The maximum atomic E-state index is 11.8. The van der Waals surface area contributed by atoms with Crippen LogP contribution in [0, 0.1) is 11.3 Å². The van der Waals surface area contributed by atoms with E-state index in [-0.39, 0.29) is 11.9 Å². The third-order valence-electron chi connectivity index (χ3n) is 4.65. The van der Waals surface area contributed by atoms with Gasteiger partial charge >= 0.3 is 5.97 Å². The van der Waals surface area contributed by atoms with E-state index < -0.39 is 0 Å². The zero-order chi connectivity index (χ0) is 18.3. The molecule has 4 heteroatoms. The highest BCUT2D eigenvalue weighted by Gasteiger charge is 2.19. The van der Waals surface area contributed by atoms with E-state index in [1.807, 2.05) is 6.92 Å². The van der Waals surface area contributed by atoms with Gasteiger partial charge in [-0.1, -0.05) is 73.1 Å². The van der Waals surface area contributed by atoms with Gasteiger partial charge in [-0.05, 0) is 42.6 Å². The Balaban J connectivity index is 3.52. The van der Waals surface area contributed by atoms with Crippen LogP contribution in [0.15, 0.2) is 0 Å². The molecule has 0 aliphatic heterocycles. The second-order valence-corrected chi connectivity index (χ2v) is 7.62. The minimum absolute atomic E-state index is 0.0833. The lowest BCUT2D eigenvalue weighted by Gasteiger charge is -2.23. The van der Waals surface area contributed by atoms with Crippen LogP contribution in [0.3, 0.4) is 0 Å². The van der Waals surface area contributed by atoms with E-state index in [4.69, 9.17) is 9.78 Å². The summed E-state index contributed by atoms with van der Waals surface area (Å²) in [5, 5.41) is 4.60. The van der Waals surface area contributed by atoms with Crippen molar-refractivity contribution in [1.29, 1.82) is 0 Å². The Morgan fingerprint density at radius 1 is 0.917 bits per heavy atom. The predicted molar refractivity (Wildman–Crippen MR) is 98.2 cm³/mol. The smallest absolute Gasteiger partial charge is 0.269 e. The molecule has 1 atom stereocenters. The normalized spacial score (nSPS) is 13.0. The molecule has 0 rings (SSSR count). The average molecular weight is 345 g/mol. The van der Waals surface area contributed by atoms with Crippen molar-refractivity contribution in [2.45, 2.75) is 105 Å². The highest BCUT2D eigenvalue weighted by molar-refractivity contribution is 5.71. The van der Waals surface area contributed by atoms with E-state index in [1.54, 1.807) is 0 Å². The summed E-state index contributed by atoms with van der Waals surface area (Å²) in [6.45, 7) is 11.5. The molecular weight excluding hydrogens is 304 g/mol. The van der Waals surface area contributed by atoms with Crippen molar-refractivity contribution in [2.75, 3.05) is 6.61 Å². The van der Waals surface area contributed by atoms with Gasteiger partial charge in [0, 0.05) is 0 Å². The van der Waals surface area contributed by atoms with Crippen molar-refractivity contribution in [3.05, 3.63) is 0 Å². The third-order valence-corrected chi connectivity index (χ3v) is 4.65. The summed E-state index contributed by atoms with van der Waals surface area (Å²) in [6.07, 6.45) is 12.1. The number of hydrogen-bond donors (Lipinski definition) is 0. The van der Waals surface area contributed by atoms with Crippen LogP contribution < -0.4 is 0 Å². The Morgan fingerprint density at radius 2 is 1.62 bits per heavy atom. The van der Waals surface area contributed by atoms with E-state index in [9.17, 15) is 4.79 Å². The fourth-order valence-corrected chi connectivity index (χ4v) is 3.02. The molecule has 0 amide bonds. The molecule has 0 bridgehead atoms. The summed E-state index contributed by atoms with van der Waals surface area (Å²) in [5.74, 6) is -0.399. The van der Waals surface area contributed by atoms with Gasteiger partial charge in [0.15, 0.2) is 0 Å². The lowest BCUT2D eigenvalue weighted by atomic mass is 9.83. The second-order valence-electron chi connectivity index (χ2n) is 7.62. The largest absolute Gasteiger partial charge is 0.348 e. The van der Waals surface area contributed by atoms with Crippen LogP contribution >= 0.6 is 0 Å². The summed E-state index contributed by atoms with van der Waals surface area (Å²) in [7, 11) is 0. The minimum Gasteiger partial charge on any atom is -0.269 e. The van der Waals surface area contributed by atoms with Crippen molar-refractivity contribution in [2.24, 2.45) is 11.3 Å². The Hall–Kier alpha value is -0.610. The van der Waals surface area contributed by atoms with Gasteiger partial charge in [-0.2, -0.15) is 4.89 Å². The fourth-order valence-electron chi connectivity index (χ4n) is 3.02. The van der Waals surface area contributed by atoms with Crippen LogP contribution in [0.4, 0.5) is 0 Å². The molecule has 0 radical (unpaired) electrons. The standard InChI is InChI=1S/C20H40O4/c1-6-9-14-18(8-3)19(21)23-24-22-17-13-11-10-12-16-20(4,5)15-7-2/h18H,6-17H2,1-5H3. The molecule has 0 heterocycles. The van der Waals surface area contributed by atoms with E-state index in [1.165, 1.54) is 32.1 Å². The molecule has 0 aromatic carbocycles. The van der Waals surface area contributed by atoms with Crippen molar-refractivity contribution in [1.82, 2.24) is 0 Å². The Kier molecular flexibility index (Phi) is 14.3. The van der Waals surface area contributed by atoms with Crippen molar-refractivity contribution in [3.63, 3.8) is 0 Å². The van der Waals surface area contributed by atoms with Crippen LogP contribution in [-0.4, -0.2) is 12.6 Å². The molecule has 0 saturated heterocycles. The molecule has 0 spiro atoms. The first-order valence-electron chi connectivity index (χ1n) is 9.96. The van der Waals surface area contributed by atoms with Crippen molar-refractivity contribution >= 4 is 5.97 Å². The molecule has 0 aliphatic carbocycles. The van der Waals surface area contributed by atoms with E-state index in [0.29, 0.717) is 12.0 Å². The average Bonchev–Trinajstić information content (AvgIpc) is 2.53. The molecule has 0 aromatic heterocycles. The molecule has 24 heavy (non-hydrogen) atoms. The summed E-state index contributed by atoms with van der Waals surface area (Å²) in [5.41, 5.74) is 0.468. The van der Waals surface area contributed by atoms with Crippen LogP contribution in [0.25, 0.3) is 0 Å². The highest BCUT2D eigenvalue weighted by atomic mass is 17.5. The number of unbranched alkanes of at least 4 members (excludes halogenated alkanes) is 4. The molecule has 0 N–H and O–H groups in total. The third kappa shape index (κ3) is 12.8. The molecule has 4 nitrogen and oxygen atoms in total. The van der Waals surface area contributed by atoms with E-state index in [2.05, 4.69) is 32.7 Å². The van der Waals surface area contributed by atoms with Gasteiger partial charge in [-0.3, -0.25) is 4.89 Å². The SMILES string of the molecule is CCCCC(CC)C(=O)OOOCCCCCCC(C)(C)CCC. The van der Waals surface area contributed by atoms with Gasteiger partial charge < -0.3 is 0 Å². The molecule has 1 unspecified atom stereocenters. The number of carbonyl (C=O) groups excluding carboxylic acids is 1. The first-order valence-corrected chi connectivity index (χ1v) is 9.96. The van der Waals surface area contributed by atoms with Crippen LogP contribution in [0.2, 0.25) is 0 Å². The maximum Gasteiger partial charge on any atom is 0.348 e. The van der Waals surface area contributed by atoms with Crippen LogP contribution in [-0.2, 0) is 19.6 Å². The molecular formula is C20H40O4. The first kappa shape index (κ1) is 23.4. The zero-order valence-corrected chi connectivity index (χ0v) is 16.7. The molecule has 144 valence electrons. The van der Waals surface area contributed by atoms with Crippen LogP contribution in [0.1, 0.15) is 105 Å². The zero-order valence-electron chi connectivity index (χ0n) is 16.7. The molecule has 0 aromatic rings. The highest BCUT2D eigenvalue weighted by Crippen LogP contribution is 2.29. The Labute approximate surface area is 149 Å². The van der Waals surface area contributed by atoms with Gasteiger partial charge in [0.25, 0.3) is 0 Å². The summed E-state index contributed by atoms with van der Waals surface area (Å²) in [4.78, 5) is 21.5. The molecule has 0 aliphatic rings. The van der Waals surface area contributed by atoms with Crippen molar-refractivity contribution in [3.8, 4) is 0 Å². The first-order chi connectivity index (χ1) is 11.5. The second kappa shape index (κ2) is 14.7. The summed E-state index contributed by atoms with van der Waals surface area (Å²) in [6, 6.07) is 0. The van der Waals surface area contributed by atoms with Crippen LogP contribution in [0.5, 0.6) is 0 Å². The lowest BCUT2D eigenvalue weighted by Crippen LogP contribution is -2.17. The van der Waals surface area contributed by atoms with E-state index >= 15 is 0 Å². The summed E-state index contributed by atoms with van der Waals surface area (Å²) >= 11 is 0. The van der Waals surface area contributed by atoms with Gasteiger partial charge in [0.1, 0.15) is 0 Å². The fraction of sp³-hybridized carbons (Fsp3) is 0.950. The van der Waals surface area contributed by atoms with Gasteiger partial charge in [-0.15, -0.1) is 0 Å². The van der Waals surface area contributed by atoms with Gasteiger partial charge in [0.2, 0.25) is 0 Å². The molecule has 0 saturated carbocycles. The predicted octanol–water partition coefficient (Wildman–Crippen LogP) is 6.39. The monoisotopic (exact) mass is 344 g/mol. The quantitative estimate of drug-likeness (QED) is 0.185. The summed E-state index contributed by atoms with van der Waals surface area (Å²) < 4.78 is 0. The van der Waals surface area contributed by atoms with Crippen molar-refractivity contribution < 1.29 is 19.6 Å². The number of rotatable bonds is 16. The number of hydrogen-bond acceptors (Lipinski definition) is 4. The topological polar surface area (TPSA) is 44.8 Å². The number of carbonyl (C=O) groups is 1. The minimum atomic E-state index is -0.316. The van der Waals surface area contributed by atoms with Gasteiger partial charge in [-0.25, -0.2) is 4.79 Å².